The van der Waals surface area contributed by atoms with Crippen molar-refractivity contribution in [2.75, 3.05) is 13.1 Å². The van der Waals surface area contributed by atoms with Crippen molar-refractivity contribution in [2.45, 2.75) is 25.8 Å². The van der Waals surface area contributed by atoms with E-state index in [0.717, 1.165) is 25.9 Å². The molecule has 1 aromatic heterocycles. The van der Waals surface area contributed by atoms with Crippen molar-refractivity contribution < 1.29 is 4.79 Å². The van der Waals surface area contributed by atoms with Gasteiger partial charge in [0.1, 0.15) is 0 Å². The molecular weight excluding hydrogens is 206 g/mol. The predicted octanol–water partition coefficient (Wildman–Crippen LogP) is 0.00410. The average Bonchev–Trinajstić information content (AvgIpc) is 2.81. The van der Waals surface area contributed by atoms with Crippen LogP contribution in [0.25, 0.3) is 0 Å². The lowest BCUT2D eigenvalue weighted by atomic mass is 9.92. The molecule has 2 rings (SSSR count). The lowest BCUT2D eigenvalue weighted by Crippen LogP contribution is -2.45. The lowest BCUT2D eigenvalue weighted by Gasteiger charge is -2.34. The number of aromatic amines is 1. The fraction of sp³-hybridized carbons (Fsp3) is 0.700. The highest BCUT2D eigenvalue weighted by Gasteiger charge is 2.27. The first-order valence-electron chi connectivity index (χ1n) is 5.59. The van der Waals surface area contributed by atoms with E-state index in [2.05, 4.69) is 15.4 Å². The van der Waals surface area contributed by atoms with Gasteiger partial charge in [-0.2, -0.15) is 15.4 Å². The summed E-state index contributed by atoms with van der Waals surface area (Å²) < 4.78 is 0. The Labute approximate surface area is 94.2 Å². The summed E-state index contributed by atoms with van der Waals surface area (Å²) in [4.78, 5) is 13.8. The Bertz CT molecular complexity index is 348. The van der Waals surface area contributed by atoms with E-state index in [4.69, 9.17) is 5.73 Å². The van der Waals surface area contributed by atoms with Gasteiger partial charge in [0.25, 0.3) is 5.91 Å². The van der Waals surface area contributed by atoms with Crippen molar-refractivity contribution in [2.24, 2.45) is 11.7 Å². The summed E-state index contributed by atoms with van der Waals surface area (Å²) in [7, 11) is 0. The Morgan fingerprint density at radius 2 is 2.56 bits per heavy atom. The zero-order valence-electron chi connectivity index (χ0n) is 9.39. The van der Waals surface area contributed by atoms with Gasteiger partial charge in [0.2, 0.25) is 0 Å². The molecule has 6 nitrogen and oxygen atoms in total. The largest absolute Gasteiger partial charge is 0.337 e. The smallest absolute Gasteiger partial charge is 0.276 e. The molecule has 2 atom stereocenters. The van der Waals surface area contributed by atoms with Gasteiger partial charge in [-0.3, -0.25) is 4.79 Å². The quantitative estimate of drug-likeness (QED) is 0.739. The highest BCUT2D eigenvalue weighted by Crippen LogP contribution is 2.19. The second kappa shape index (κ2) is 4.61. The van der Waals surface area contributed by atoms with Crippen LogP contribution in [0.4, 0.5) is 0 Å². The van der Waals surface area contributed by atoms with E-state index in [1.807, 2.05) is 11.8 Å². The number of piperidine rings is 1. The molecular formula is C10H17N5O. The van der Waals surface area contributed by atoms with Gasteiger partial charge in [-0.25, -0.2) is 0 Å². The van der Waals surface area contributed by atoms with E-state index < -0.39 is 0 Å². The van der Waals surface area contributed by atoms with Crippen molar-refractivity contribution in [3.05, 3.63) is 11.9 Å². The van der Waals surface area contributed by atoms with Crippen LogP contribution >= 0.6 is 0 Å². The van der Waals surface area contributed by atoms with Crippen LogP contribution in [0, 0.1) is 5.92 Å². The summed E-state index contributed by atoms with van der Waals surface area (Å²) in [6.45, 7) is 3.51. The average molecular weight is 223 g/mol. The maximum atomic E-state index is 12.0. The van der Waals surface area contributed by atoms with Crippen LogP contribution < -0.4 is 5.73 Å². The molecule has 2 unspecified atom stereocenters. The number of nitrogens with zero attached hydrogens (tertiary/aromatic N) is 3. The van der Waals surface area contributed by atoms with Gasteiger partial charge in [-0.05, 0) is 25.7 Å². The fourth-order valence-electron chi connectivity index (χ4n) is 2.09. The third kappa shape index (κ3) is 2.21. The summed E-state index contributed by atoms with van der Waals surface area (Å²) in [6.07, 6.45) is 3.56. The molecule has 6 heteroatoms. The van der Waals surface area contributed by atoms with E-state index in [9.17, 15) is 4.79 Å². The zero-order chi connectivity index (χ0) is 11.5. The van der Waals surface area contributed by atoms with Crippen molar-refractivity contribution >= 4 is 5.91 Å². The SMILES string of the molecule is CC(N)C1CCCN(C(=O)c2cn[nH]n2)C1. The number of nitrogens with one attached hydrogen (secondary N) is 1. The molecule has 3 N–H and O–H groups in total. The summed E-state index contributed by atoms with van der Waals surface area (Å²) in [5.41, 5.74) is 6.26. The first kappa shape index (κ1) is 11.1. The number of hydrogen-bond donors (Lipinski definition) is 2. The molecule has 0 radical (unpaired) electrons. The number of amides is 1. The number of nitrogens with two attached hydrogens (primary N) is 1. The predicted molar refractivity (Wildman–Crippen MR) is 58.7 cm³/mol. The maximum absolute atomic E-state index is 12.0. The van der Waals surface area contributed by atoms with Crippen molar-refractivity contribution in [3.63, 3.8) is 0 Å². The first-order valence-corrected chi connectivity index (χ1v) is 5.59. The molecule has 1 aliphatic rings. The number of H-pyrrole nitrogens is 1. The van der Waals surface area contributed by atoms with Gasteiger partial charge in [0.05, 0.1) is 6.20 Å². The molecule has 1 aromatic rings. The molecule has 0 aliphatic carbocycles. The van der Waals surface area contributed by atoms with Crippen molar-refractivity contribution in [1.29, 1.82) is 0 Å². The molecule has 1 saturated heterocycles. The van der Waals surface area contributed by atoms with Gasteiger partial charge in [-0.1, -0.05) is 0 Å². The monoisotopic (exact) mass is 223 g/mol. The van der Waals surface area contributed by atoms with Crippen LogP contribution in [0.1, 0.15) is 30.3 Å². The minimum atomic E-state index is -0.0564. The number of hydrogen-bond acceptors (Lipinski definition) is 4. The Balaban J connectivity index is 2.02. The van der Waals surface area contributed by atoms with Crippen LogP contribution in [0.3, 0.4) is 0 Å². The minimum Gasteiger partial charge on any atom is -0.337 e. The van der Waals surface area contributed by atoms with Gasteiger partial charge in [0, 0.05) is 19.1 Å². The Morgan fingerprint density at radius 1 is 1.75 bits per heavy atom. The van der Waals surface area contributed by atoms with Crippen LogP contribution in [-0.2, 0) is 0 Å². The van der Waals surface area contributed by atoms with Crippen LogP contribution in [-0.4, -0.2) is 45.3 Å². The fourth-order valence-corrected chi connectivity index (χ4v) is 2.09. The van der Waals surface area contributed by atoms with Gasteiger partial charge < -0.3 is 10.6 Å². The molecule has 1 fully saturated rings. The van der Waals surface area contributed by atoms with Crippen LogP contribution in [0.5, 0.6) is 0 Å². The van der Waals surface area contributed by atoms with Gasteiger partial charge in [-0.15, -0.1) is 0 Å². The number of aromatic nitrogens is 3. The number of carbonyl (C=O) groups excluding carboxylic acids is 1. The number of likely N-dealkylation sites (tertiary alicyclic amines) is 1. The highest BCUT2D eigenvalue weighted by atomic mass is 16.2. The standard InChI is InChI=1S/C10H17N5O/c1-7(11)8-3-2-4-15(6-8)10(16)9-5-12-14-13-9/h5,7-8H,2-4,6,11H2,1H3,(H,12,13,14). The van der Waals surface area contributed by atoms with Gasteiger partial charge >= 0.3 is 0 Å². The summed E-state index contributed by atoms with van der Waals surface area (Å²) in [5.74, 6) is 0.337. The topological polar surface area (TPSA) is 87.9 Å². The first-order chi connectivity index (χ1) is 7.68. The molecule has 0 saturated carbocycles. The second-order valence-electron chi connectivity index (χ2n) is 4.37. The van der Waals surface area contributed by atoms with Crippen molar-refractivity contribution in [3.8, 4) is 0 Å². The molecule has 0 spiro atoms. The third-order valence-corrected chi connectivity index (χ3v) is 3.12. The Morgan fingerprint density at radius 3 is 3.19 bits per heavy atom. The molecule has 0 bridgehead atoms. The minimum absolute atomic E-state index is 0.0564. The van der Waals surface area contributed by atoms with Gasteiger partial charge in [0.15, 0.2) is 5.69 Å². The number of carbonyl (C=O) groups is 1. The van der Waals surface area contributed by atoms with E-state index in [0.29, 0.717) is 11.6 Å². The molecule has 1 aliphatic heterocycles. The molecule has 2 heterocycles. The highest BCUT2D eigenvalue weighted by molar-refractivity contribution is 5.91. The molecule has 1 amide bonds. The molecule has 0 aromatic carbocycles. The maximum Gasteiger partial charge on any atom is 0.276 e. The van der Waals surface area contributed by atoms with Crippen LogP contribution in [0.2, 0.25) is 0 Å². The second-order valence-corrected chi connectivity index (χ2v) is 4.37. The molecule has 16 heavy (non-hydrogen) atoms. The number of rotatable bonds is 2. The Hall–Kier alpha value is -1.43. The van der Waals surface area contributed by atoms with E-state index in [-0.39, 0.29) is 11.9 Å². The normalized spacial score (nSPS) is 23.1. The van der Waals surface area contributed by atoms with Crippen LogP contribution in [0.15, 0.2) is 6.20 Å². The lowest BCUT2D eigenvalue weighted by molar-refractivity contribution is 0.0655. The third-order valence-electron chi connectivity index (χ3n) is 3.12. The summed E-state index contributed by atoms with van der Waals surface area (Å²) in [5, 5.41) is 9.90. The van der Waals surface area contributed by atoms with E-state index in [1.54, 1.807) is 0 Å². The molecule has 88 valence electrons. The Kier molecular flexibility index (Phi) is 3.19. The van der Waals surface area contributed by atoms with E-state index >= 15 is 0 Å². The zero-order valence-corrected chi connectivity index (χ0v) is 9.39. The summed E-state index contributed by atoms with van der Waals surface area (Å²) >= 11 is 0. The van der Waals surface area contributed by atoms with E-state index in [1.165, 1.54) is 6.20 Å². The van der Waals surface area contributed by atoms with Crippen molar-refractivity contribution in [1.82, 2.24) is 20.3 Å². The summed E-state index contributed by atoms with van der Waals surface area (Å²) in [6, 6.07) is 0.132.